The van der Waals surface area contributed by atoms with Gasteiger partial charge in [-0.1, -0.05) is 12.1 Å². The molecule has 0 spiro atoms. The number of rotatable bonds is 8. The maximum atomic E-state index is 13.0. The Hall–Kier alpha value is -0.580. The summed E-state index contributed by atoms with van der Waals surface area (Å²) in [6.45, 7) is 3.77. The number of aliphatic hydroxyl groups excluding tert-OH is 1. The number of hydrogen-bond acceptors (Lipinski definition) is 3. The van der Waals surface area contributed by atoms with Gasteiger partial charge in [-0.3, -0.25) is 0 Å². The lowest BCUT2D eigenvalue weighted by Crippen LogP contribution is -2.16. The summed E-state index contributed by atoms with van der Waals surface area (Å²) in [5.74, 6) is 1.90. The van der Waals surface area contributed by atoms with Gasteiger partial charge in [-0.25, -0.2) is 4.39 Å². The van der Waals surface area contributed by atoms with E-state index in [1.165, 1.54) is 6.07 Å². The molecule has 0 atom stereocenters. The van der Waals surface area contributed by atoms with Gasteiger partial charge in [-0.05, 0) is 36.3 Å². The smallest absolute Gasteiger partial charge is 0.126 e. The van der Waals surface area contributed by atoms with E-state index >= 15 is 0 Å². The van der Waals surface area contributed by atoms with Gasteiger partial charge in [-0.2, -0.15) is 11.8 Å². The van der Waals surface area contributed by atoms with Crippen LogP contribution in [0.2, 0.25) is 0 Å². The van der Waals surface area contributed by atoms with Crippen LogP contribution in [0.25, 0.3) is 0 Å². The van der Waals surface area contributed by atoms with Gasteiger partial charge in [0.2, 0.25) is 0 Å². The third kappa shape index (κ3) is 6.05. The summed E-state index contributed by atoms with van der Waals surface area (Å²) in [5, 5.41) is 11.9. The van der Waals surface area contributed by atoms with Crippen LogP contribution < -0.4 is 5.32 Å². The van der Waals surface area contributed by atoms with Gasteiger partial charge in [0, 0.05) is 25.4 Å². The number of benzene rings is 1. The molecule has 1 rings (SSSR count). The van der Waals surface area contributed by atoms with E-state index in [0.717, 1.165) is 36.6 Å². The van der Waals surface area contributed by atoms with Crippen LogP contribution >= 0.6 is 11.8 Å². The second-order valence-corrected chi connectivity index (χ2v) is 5.17. The Morgan fingerprint density at radius 3 is 2.88 bits per heavy atom. The zero-order valence-electron chi connectivity index (χ0n) is 10.2. The van der Waals surface area contributed by atoms with Crippen molar-refractivity contribution in [3.63, 3.8) is 0 Å². The second kappa shape index (κ2) is 8.50. The summed E-state index contributed by atoms with van der Waals surface area (Å²) >= 11 is 1.84. The van der Waals surface area contributed by atoms with E-state index in [2.05, 4.69) is 5.32 Å². The van der Waals surface area contributed by atoms with Crippen LogP contribution in [0.15, 0.2) is 18.2 Å². The van der Waals surface area contributed by atoms with Crippen molar-refractivity contribution in [2.75, 3.05) is 24.7 Å². The van der Waals surface area contributed by atoms with Crippen LogP contribution in [-0.2, 0) is 6.54 Å². The SMILES string of the molecule is Cc1cc(CNCCSCCCO)ccc1F. The molecule has 0 amide bonds. The second-order valence-electron chi connectivity index (χ2n) is 3.95. The molecule has 0 aromatic heterocycles. The van der Waals surface area contributed by atoms with Crippen molar-refractivity contribution in [3.05, 3.63) is 35.1 Å². The Bertz CT molecular complexity index is 333. The molecule has 0 aliphatic carbocycles. The van der Waals surface area contributed by atoms with Gasteiger partial charge in [0.1, 0.15) is 5.82 Å². The van der Waals surface area contributed by atoms with Crippen LogP contribution in [0.1, 0.15) is 17.5 Å². The van der Waals surface area contributed by atoms with Crippen LogP contribution in [0.4, 0.5) is 4.39 Å². The first-order valence-electron chi connectivity index (χ1n) is 5.88. The van der Waals surface area contributed by atoms with Gasteiger partial charge >= 0.3 is 0 Å². The quantitative estimate of drug-likeness (QED) is 0.701. The lowest BCUT2D eigenvalue weighted by Gasteiger charge is -2.06. The van der Waals surface area contributed by atoms with Crippen molar-refractivity contribution in [3.8, 4) is 0 Å². The van der Waals surface area contributed by atoms with E-state index in [-0.39, 0.29) is 12.4 Å². The molecule has 17 heavy (non-hydrogen) atoms. The normalized spacial score (nSPS) is 10.8. The topological polar surface area (TPSA) is 32.3 Å². The van der Waals surface area contributed by atoms with Gasteiger partial charge in [0.15, 0.2) is 0 Å². The Labute approximate surface area is 107 Å². The van der Waals surface area contributed by atoms with Crippen LogP contribution in [0.5, 0.6) is 0 Å². The molecule has 0 aliphatic heterocycles. The minimum Gasteiger partial charge on any atom is -0.396 e. The van der Waals surface area contributed by atoms with Crippen molar-refractivity contribution in [1.82, 2.24) is 5.32 Å². The number of hydrogen-bond donors (Lipinski definition) is 2. The van der Waals surface area contributed by atoms with Gasteiger partial charge in [0.05, 0.1) is 0 Å². The minimum atomic E-state index is -0.145. The number of nitrogens with one attached hydrogen (secondary N) is 1. The molecule has 1 aromatic carbocycles. The first-order chi connectivity index (χ1) is 8.24. The van der Waals surface area contributed by atoms with Gasteiger partial charge in [0.25, 0.3) is 0 Å². The zero-order chi connectivity index (χ0) is 12.5. The molecule has 0 bridgehead atoms. The molecule has 0 saturated heterocycles. The fourth-order valence-corrected chi connectivity index (χ4v) is 2.29. The highest BCUT2D eigenvalue weighted by Crippen LogP contribution is 2.09. The van der Waals surface area contributed by atoms with Crippen molar-refractivity contribution >= 4 is 11.8 Å². The molecule has 1 aromatic rings. The summed E-state index contributed by atoms with van der Waals surface area (Å²) in [4.78, 5) is 0. The number of thioether (sulfide) groups is 1. The van der Waals surface area contributed by atoms with Crippen LogP contribution in [-0.4, -0.2) is 29.8 Å². The number of halogens is 1. The molecule has 0 aliphatic rings. The molecule has 0 fully saturated rings. The Morgan fingerprint density at radius 2 is 2.18 bits per heavy atom. The summed E-state index contributed by atoms with van der Waals surface area (Å²) < 4.78 is 13.0. The molecular weight excluding hydrogens is 237 g/mol. The maximum absolute atomic E-state index is 13.0. The van der Waals surface area contributed by atoms with E-state index in [9.17, 15) is 4.39 Å². The highest BCUT2D eigenvalue weighted by Gasteiger charge is 1.98. The van der Waals surface area contributed by atoms with E-state index in [4.69, 9.17) is 5.11 Å². The van der Waals surface area contributed by atoms with Gasteiger partial charge < -0.3 is 10.4 Å². The summed E-state index contributed by atoms with van der Waals surface area (Å²) in [7, 11) is 0. The van der Waals surface area contributed by atoms with Crippen molar-refractivity contribution in [1.29, 1.82) is 0 Å². The predicted molar refractivity (Wildman–Crippen MR) is 71.9 cm³/mol. The molecular formula is C13H20FNOS. The largest absolute Gasteiger partial charge is 0.396 e. The lowest BCUT2D eigenvalue weighted by atomic mass is 10.1. The van der Waals surface area contributed by atoms with Crippen molar-refractivity contribution in [2.45, 2.75) is 19.9 Å². The fourth-order valence-electron chi connectivity index (χ4n) is 1.46. The summed E-state index contributed by atoms with van der Waals surface area (Å²) in [6, 6.07) is 5.21. The van der Waals surface area contributed by atoms with Crippen molar-refractivity contribution < 1.29 is 9.50 Å². The molecule has 2 N–H and O–H groups in total. The van der Waals surface area contributed by atoms with E-state index in [1.54, 1.807) is 6.92 Å². The number of aryl methyl sites for hydroxylation is 1. The molecule has 96 valence electrons. The third-order valence-corrected chi connectivity index (χ3v) is 3.49. The summed E-state index contributed by atoms with van der Waals surface area (Å²) in [5.41, 5.74) is 1.81. The van der Waals surface area contributed by atoms with E-state index in [1.807, 2.05) is 23.9 Å². The van der Waals surface area contributed by atoms with E-state index in [0.29, 0.717) is 5.56 Å². The fraction of sp³-hybridized carbons (Fsp3) is 0.538. The third-order valence-electron chi connectivity index (χ3n) is 2.42. The maximum Gasteiger partial charge on any atom is 0.126 e. The minimum absolute atomic E-state index is 0.145. The molecule has 0 saturated carbocycles. The molecule has 4 heteroatoms. The first kappa shape index (κ1) is 14.5. The molecule has 0 heterocycles. The number of aliphatic hydroxyl groups is 1. The van der Waals surface area contributed by atoms with Crippen LogP contribution in [0, 0.1) is 12.7 Å². The molecule has 0 unspecified atom stereocenters. The first-order valence-corrected chi connectivity index (χ1v) is 7.04. The van der Waals surface area contributed by atoms with Crippen molar-refractivity contribution in [2.24, 2.45) is 0 Å². The predicted octanol–water partition coefficient (Wildman–Crippen LogP) is 2.34. The van der Waals surface area contributed by atoms with Crippen LogP contribution in [0.3, 0.4) is 0 Å². The Morgan fingerprint density at radius 1 is 1.35 bits per heavy atom. The molecule has 0 radical (unpaired) electrons. The highest BCUT2D eigenvalue weighted by molar-refractivity contribution is 7.99. The Kier molecular flexibility index (Phi) is 7.24. The monoisotopic (exact) mass is 257 g/mol. The Balaban J connectivity index is 2.11. The average Bonchev–Trinajstić information content (AvgIpc) is 2.32. The zero-order valence-corrected chi connectivity index (χ0v) is 11.0. The summed E-state index contributed by atoms with van der Waals surface area (Å²) in [6.07, 6.45) is 0.863. The average molecular weight is 257 g/mol. The molecule has 2 nitrogen and oxygen atoms in total. The van der Waals surface area contributed by atoms with Gasteiger partial charge in [-0.15, -0.1) is 0 Å². The highest BCUT2D eigenvalue weighted by atomic mass is 32.2. The standard InChI is InChI=1S/C13H20FNOS/c1-11-9-12(3-4-13(11)14)10-15-5-8-17-7-2-6-16/h3-4,9,15-16H,2,5-8,10H2,1H3. The van der Waals surface area contributed by atoms with E-state index < -0.39 is 0 Å². The lowest BCUT2D eigenvalue weighted by molar-refractivity contribution is 0.296.